The molecule has 4 rings (SSSR count). The van der Waals surface area contributed by atoms with E-state index in [9.17, 15) is 18.3 Å². The van der Waals surface area contributed by atoms with E-state index in [1.54, 1.807) is 22.9 Å². The first-order chi connectivity index (χ1) is 14.8. The zero-order valence-corrected chi connectivity index (χ0v) is 17.6. The molecule has 0 bridgehead atoms. The number of aliphatic hydroxyl groups is 1. The summed E-state index contributed by atoms with van der Waals surface area (Å²) in [5.74, 6) is -0.536. The van der Waals surface area contributed by atoms with Crippen molar-refractivity contribution >= 4 is 22.7 Å². The fourth-order valence-electron chi connectivity index (χ4n) is 3.51. The van der Waals surface area contributed by atoms with Gasteiger partial charge in [0.15, 0.2) is 5.60 Å². The third-order valence-electron chi connectivity index (χ3n) is 5.31. The molecule has 4 aromatic rings. The van der Waals surface area contributed by atoms with Crippen molar-refractivity contribution in [3.63, 3.8) is 0 Å². The molecule has 0 saturated carbocycles. The molecule has 7 heteroatoms. The third-order valence-corrected chi connectivity index (χ3v) is 6.58. The van der Waals surface area contributed by atoms with E-state index >= 15 is 0 Å². The lowest BCUT2D eigenvalue weighted by Crippen LogP contribution is -2.44. The molecule has 1 heterocycles. The number of fused-ring (bicyclic) bond motifs is 1. The van der Waals surface area contributed by atoms with Crippen LogP contribution >= 0.6 is 11.8 Å². The summed E-state index contributed by atoms with van der Waals surface area (Å²) in [6.45, 7) is 1.95. The number of benzene rings is 3. The van der Waals surface area contributed by atoms with E-state index in [4.69, 9.17) is 0 Å². The van der Waals surface area contributed by atoms with Crippen LogP contribution in [-0.2, 0) is 12.0 Å². The summed E-state index contributed by atoms with van der Waals surface area (Å²) < 4.78 is 43.8. The lowest BCUT2D eigenvalue weighted by molar-refractivity contribution is -0.256. The maximum Gasteiger partial charge on any atom is 0.422 e. The molecule has 0 radical (unpaired) electrons. The van der Waals surface area contributed by atoms with Crippen LogP contribution in [0.4, 0.5) is 13.2 Å². The second-order valence-electron chi connectivity index (χ2n) is 7.27. The number of hydrogen-bond acceptors (Lipinski definition) is 3. The number of hydrogen-bond donors (Lipinski definition) is 1. The van der Waals surface area contributed by atoms with Gasteiger partial charge in [-0.1, -0.05) is 49.4 Å². The molecule has 0 aliphatic carbocycles. The van der Waals surface area contributed by atoms with Gasteiger partial charge in [-0.2, -0.15) is 18.3 Å². The second-order valence-corrected chi connectivity index (χ2v) is 8.29. The second kappa shape index (κ2) is 8.40. The smallest absolute Gasteiger partial charge is 0.376 e. The van der Waals surface area contributed by atoms with Crippen LogP contribution in [0.5, 0.6) is 0 Å². The molecule has 1 unspecified atom stereocenters. The molecule has 0 spiro atoms. The first-order valence-corrected chi connectivity index (χ1v) is 10.9. The summed E-state index contributed by atoms with van der Waals surface area (Å²) in [5, 5.41) is 15.7. The van der Waals surface area contributed by atoms with Crippen LogP contribution in [-0.4, -0.2) is 26.8 Å². The van der Waals surface area contributed by atoms with Gasteiger partial charge in [-0.3, -0.25) is 0 Å². The van der Waals surface area contributed by atoms with Crippen molar-refractivity contribution in [2.75, 3.05) is 5.75 Å². The quantitative estimate of drug-likeness (QED) is 0.365. The maximum absolute atomic E-state index is 14.1. The van der Waals surface area contributed by atoms with E-state index in [0.717, 1.165) is 27.9 Å². The minimum absolute atomic E-state index is 0.193. The molecule has 0 amide bonds. The Morgan fingerprint density at radius 3 is 2.39 bits per heavy atom. The van der Waals surface area contributed by atoms with Crippen LogP contribution in [0.1, 0.15) is 18.1 Å². The van der Waals surface area contributed by atoms with Crippen molar-refractivity contribution in [3.8, 4) is 5.69 Å². The van der Waals surface area contributed by atoms with Crippen LogP contribution < -0.4 is 0 Å². The minimum atomic E-state index is -4.83. The van der Waals surface area contributed by atoms with Crippen molar-refractivity contribution in [2.24, 2.45) is 0 Å². The van der Waals surface area contributed by atoms with E-state index in [-0.39, 0.29) is 5.56 Å². The van der Waals surface area contributed by atoms with Gasteiger partial charge >= 0.3 is 6.18 Å². The zero-order valence-electron chi connectivity index (χ0n) is 16.8. The summed E-state index contributed by atoms with van der Waals surface area (Å²) in [5.41, 5.74) is -0.744. The van der Waals surface area contributed by atoms with Gasteiger partial charge in [-0.15, -0.1) is 11.8 Å². The molecule has 1 atom stereocenters. The molecule has 3 nitrogen and oxygen atoms in total. The third kappa shape index (κ3) is 4.07. The van der Waals surface area contributed by atoms with E-state index < -0.39 is 17.5 Å². The number of para-hydroxylation sites is 1. The highest BCUT2D eigenvalue weighted by Gasteiger charge is 2.55. The largest absolute Gasteiger partial charge is 0.422 e. The van der Waals surface area contributed by atoms with Gasteiger partial charge in [0.25, 0.3) is 0 Å². The molecule has 0 saturated heterocycles. The van der Waals surface area contributed by atoms with Crippen molar-refractivity contribution in [1.29, 1.82) is 0 Å². The fourth-order valence-corrected chi connectivity index (χ4v) is 4.78. The highest BCUT2D eigenvalue weighted by molar-refractivity contribution is 7.99. The predicted octanol–water partition coefficient (Wildman–Crippen LogP) is 6.13. The van der Waals surface area contributed by atoms with Crippen LogP contribution in [0.3, 0.4) is 0 Å². The number of aryl methyl sites for hydroxylation is 1. The highest BCUT2D eigenvalue weighted by Crippen LogP contribution is 2.43. The minimum Gasteiger partial charge on any atom is -0.376 e. The molecule has 1 N–H and O–H groups in total. The Balaban J connectivity index is 1.71. The number of alkyl halides is 3. The average molecular weight is 443 g/mol. The monoisotopic (exact) mass is 442 g/mol. The zero-order chi connectivity index (χ0) is 22.1. The Morgan fingerprint density at radius 2 is 1.68 bits per heavy atom. The van der Waals surface area contributed by atoms with Gasteiger partial charge in [-0.25, -0.2) is 4.68 Å². The van der Waals surface area contributed by atoms with Crippen LogP contribution in [0.15, 0.2) is 83.9 Å². The Kier molecular flexibility index (Phi) is 5.81. The standard InChI is InChI=1S/C24H21F3N2OS/c1-2-17-8-6-7-11-22(17)31-16-23(30,24(25,26)27)19-12-13-21-18(14-19)15-28-29(21)20-9-4-3-5-10-20/h3-15,30H,2,16H2,1H3. The Labute approximate surface area is 182 Å². The first-order valence-electron chi connectivity index (χ1n) is 9.87. The Bertz CT molecular complexity index is 1190. The fraction of sp³-hybridized carbons (Fsp3) is 0.208. The molecule has 31 heavy (non-hydrogen) atoms. The lowest BCUT2D eigenvalue weighted by Gasteiger charge is -2.31. The van der Waals surface area contributed by atoms with Gasteiger partial charge in [0, 0.05) is 16.0 Å². The van der Waals surface area contributed by atoms with Gasteiger partial charge in [0.2, 0.25) is 0 Å². The molecule has 0 aliphatic heterocycles. The summed E-state index contributed by atoms with van der Waals surface area (Å²) in [7, 11) is 0. The maximum atomic E-state index is 14.1. The van der Waals surface area contributed by atoms with E-state index in [1.165, 1.54) is 18.3 Å². The molecule has 160 valence electrons. The number of nitrogens with zero attached hydrogens (tertiary/aromatic N) is 2. The topological polar surface area (TPSA) is 38.1 Å². The number of halogens is 3. The van der Waals surface area contributed by atoms with E-state index in [0.29, 0.717) is 17.3 Å². The number of aromatic nitrogens is 2. The van der Waals surface area contributed by atoms with Gasteiger partial charge in [-0.05, 0) is 47.9 Å². The van der Waals surface area contributed by atoms with Crippen molar-refractivity contribution in [1.82, 2.24) is 9.78 Å². The summed E-state index contributed by atoms with van der Waals surface area (Å²) in [4.78, 5) is 0.741. The van der Waals surface area contributed by atoms with Gasteiger partial charge < -0.3 is 5.11 Å². The van der Waals surface area contributed by atoms with Crippen LogP contribution in [0.25, 0.3) is 16.6 Å². The van der Waals surface area contributed by atoms with Crippen molar-refractivity contribution in [2.45, 2.75) is 30.0 Å². The summed E-state index contributed by atoms with van der Waals surface area (Å²) >= 11 is 1.02. The van der Waals surface area contributed by atoms with Crippen LogP contribution in [0.2, 0.25) is 0 Å². The van der Waals surface area contributed by atoms with Gasteiger partial charge in [0.05, 0.1) is 17.4 Å². The molecule has 1 aromatic heterocycles. The summed E-state index contributed by atoms with van der Waals surface area (Å²) in [6, 6.07) is 21.0. The SMILES string of the molecule is CCc1ccccc1SCC(O)(c1ccc2c(cnn2-c2ccccc2)c1)C(F)(F)F. The van der Waals surface area contributed by atoms with Crippen molar-refractivity contribution in [3.05, 3.63) is 90.1 Å². The van der Waals surface area contributed by atoms with Crippen molar-refractivity contribution < 1.29 is 18.3 Å². The highest BCUT2D eigenvalue weighted by atomic mass is 32.2. The number of rotatable bonds is 6. The average Bonchev–Trinajstić information content (AvgIpc) is 3.20. The normalized spacial score (nSPS) is 14.0. The first kappa shape index (κ1) is 21.5. The lowest BCUT2D eigenvalue weighted by atomic mass is 9.94. The van der Waals surface area contributed by atoms with Crippen LogP contribution in [0, 0.1) is 0 Å². The molecule has 0 aliphatic rings. The van der Waals surface area contributed by atoms with Gasteiger partial charge in [0.1, 0.15) is 0 Å². The predicted molar refractivity (Wildman–Crippen MR) is 118 cm³/mol. The molecule has 3 aromatic carbocycles. The summed E-state index contributed by atoms with van der Waals surface area (Å²) in [6.07, 6.45) is -2.61. The van der Waals surface area contributed by atoms with E-state index in [2.05, 4.69) is 5.10 Å². The number of thioether (sulfide) groups is 1. The molecular weight excluding hydrogens is 421 g/mol. The molecular formula is C24H21F3N2OS. The van der Waals surface area contributed by atoms with E-state index in [1.807, 2.05) is 49.4 Å². The Hall–Kier alpha value is -2.77. The Morgan fingerprint density at radius 1 is 0.968 bits per heavy atom. The molecule has 0 fully saturated rings.